The normalized spacial score (nSPS) is 10.9. The van der Waals surface area contributed by atoms with Gasteiger partial charge in [0.1, 0.15) is 0 Å². The van der Waals surface area contributed by atoms with Crippen molar-refractivity contribution in [3.05, 3.63) is 63.4 Å². The van der Waals surface area contributed by atoms with Crippen LogP contribution in [0.25, 0.3) is 0 Å². The van der Waals surface area contributed by atoms with E-state index in [1.807, 2.05) is 0 Å². The monoisotopic (exact) mass is 368 g/mol. The van der Waals surface area contributed by atoms with Crippen LogP contribution in [-0.4, -0.2) is 0 Å². The molecule has 2 aromatic carbocycles. The Morgan fingerprint density at radius 3 is 1.85 bits per heavy atom. The first-order valence-electron chi connectivity index (χ1n) is 5.31. The van der Waals surface area contributed by atoms with E-state index in [1.165, 1.54) is 0 Å². The number of rotatable bonds is 3. The molecule has 0 saturated carbocycles. The van der Waals surface area contributed by atoms with Gasteiger partial charge >= 0.3 is 0 Å². The predicted molar refractivity (Wildman–Crippen MR) is 69.9 cm³/mol. The Hall–Kier alpha value is -1.08. The quantitative estimate of drug-likeness (QED) is 0.301. The minimum atomic E-state index is -2.14. The summed E-state index contributed by atoms with van der Waals surface area (Å²) < 4.78 is 66.5. The Bertz CT molecular complexity index is 630. The summed E-state index contributed by atoms with van der Waals surface area (Å²) in [6.07, 6.45) is 0. The average molecular weight is 369 g/mol. The van der Waals surface area contributed by atoms with Gasteiger partial charge in [-0.25, -0.2) is 22.0 Å². The molecular formula is C13H6BrF5S. The lowest BCUT2D eigenvalue weighted by Crippen LogP contribution is -2.06. The Labute approximate surface area is 124 Å². The van der Waals surface area contributed by atoms with Crippen molar-refractivity contribution in [1.29, 1.82) is 0 Å². The largest absolute Gasteiger partial charge is 0.203 e. The highest BCUT2D eigenvalue weighted by Gasteiger charge is 2.25. The van der Waals surface area contributed by atoms with Crippen molar-refractivity contribution in [1.82, 2.24) is 0 Å². The first-order valence-corrected chi connectivity index (χ1v) is 7.09. The molecule has 2 aromatic rings. The van der Waals surface area contributed by atoms with Crippen molar-refractivity contribution in [3.8, 4) is 0 Å². The van der Waals surface area contributed by atoms with Gasteiger partial charge < -0.3 is 0 Å². The van der Waals surface area contributed by atoms with Crippen LogP contribution in [0.2, 0.25) is 0 Å². The van der Waals surface area contributed by atoms with Gasteiger partial charge in [-0.3, -0.25) is 0 Å². The molecular weight excluding hydrogens is 363 g/mol. The number of hydrogen-bond donors (Lipinski definition) is 0. The summed E-state index contributed by atoms with van der Waals surface area (Å²) in [5.41, 5.74) is -0.831. The molecule has 0 aliphatic rings. The highest BCUT2D eigenvalue weighted by molar-refractivity contribution is 9.10. The standard InChI is InChI=1S/C13H6BrF5S/c14-7-3-1-2-4-8(7)20-5-6-9(15)11(17)13(19)12(18)10(6)16/h1-4H,5H2. The number of benzene rings is 2. The van der Waals surface area contributed by atoms with Crippen LogP contribution in [0.1, 0.15) is 5.56 Å². The second kappa shape index (κ2) is 6.13. The van der Waals surface area contributed by atoms with Gasteiger partial charge in [0.15, 0.2) is 23.3 Å². The molecule has 0 N–H and O–H groups in total. The van der Waals surface area contributed by atoms with Gasteiger partial charge in [-0.15, -0.1) is 11.8 Å². The van der Waals surface area contributed by atoms with Crippen LogP contribution in [0.15, 0.2) is 33.6 Å². The van der Waals surface area contributed by atoms with Crippen molar-refractivity contribution < 1.29 is 22.0 Å². The van der Waals surface area contributed by atoms with Gasteiger partial charge in [0, 0.05) is 20.7 Å². The molecule has 0 radical (unpaired) electrons. The summed E-state index contributed by atoms with van der Waals surface area (Å²) in [6.45, 7) is 0. The van der Waals surface area contributed by atoms with E-state index in [1.54, 1.807) is 24.3 Å². The Morgan fingerprint density at radius 2 is 1.30 bits per heavy atom. The van der Waals surface area contributed by atoms with E-state index in [-0.39, 0.29) is 5.75 Å². The third-order valence-electron chi connectivity index (χ3n) is 2.51. The Kier molecular flexibility index (Phi) is 4.70. The third kappa shape index (κ3) is 2.83. The van der Waals surface area contributed by atoms with E-state index in [0.717, 1.165) is 11.8 Å². The number of hydrogen-bond acceptors (Lipinski definition) is 1. The predicted octanol–water partition coefficient (Wildman–Crippen LogP) is 5.44. The van der Waals surface area contributed by atoms with Gasteiger partial charge in [-0.2, -0.15) is 0 Å². The molecule has 0 saturated heterocycles. The summed E-state index contributed by atoms with van der Waals surface area (Å²) in [6, 6.07) is 6.82. The first kappa shape index (κ1) is 15.3. The fourth-order valence-corrected chi connectivity index (χ4v) is 3.05. The zero-order valence-corrected chi connectivity index (χ0v) is 12.1. The minimum Gasteiger partial charge on any atom is -0.203 e. The van der Waals surface area contributed by atoms with E-state index >= 15 is 0 Å². The zero-order chi connectivity index (χ0) is 14.9. The van der Waals surface area contributed by atoms with Gasteiger partial charge in [-0.1, -0.05) is 12.1 Å². The highest BCUT2D eigenvalue weighted by Crippen LogP contribution is 2.32. The third-order valence-corrected chi connectivity index (χ3v) is 4.56. The smallest absolute Gasteiger partial charge is 0.200 e. The van der Waals surface area contributed by atoms with Crippen molar-refractivity contribution in [2.45, 2.75) is 10.6 Å². The maximum atomic E-state index is 13.5. The molecule has 0 aliphatic carbocycles. The lowest BCUT2D eigenvalue weighted by Gasteiger charge is -2.08. The van der Waals surface area contributed by atoms with E-state index in [0.29, 0.717) is 9.37 Å². The Balaban J connectivity index is 2.33. The second-order valence-electron chi connectivity index (χ2n) is 3.77. The Morgan fingerprint density at radius 1 is 0.800 bits per heavy atom. The fourth-order valence-electron chi connectivity index (χ4n) is 1.49. The number of thioether (sulfide) groups is 1. The summed E-state index contributed by atoms with van der Waals surface area (Å²) in [5, 5.41) is 0. The lowest BCUT2D eigenvalue weighted by atomic mass is 10.2. The summed E-state index contributed by atoms with van der Waals surface area (Å²) in [4.78, 5) is 0.636. The maximum absolute atomic E-state index is 13.5. The van der Waals surface area contributed by atoms with Crippen LogP contribution >= 0.6 is 27.7 Å². The molecule has 2 rings (SSSR count). The van der Waals surface area contributed by atoms with Crippen LogP contribution < -0.4 is 0 Å². The SMILES string of the molecule is Fc1c(F)c(F)c(CSc2ccccc2Br)c(F)c1F. The molecule has 7 heteroatoms. The van der Waals surface area contributed by atoms with Crippen molar-refractivity contribution in [3.63, 3.8) is 0 Å². The zero-order valence-electron chi connectivity index (χ0n) is 9.69. The van der Waals surface area contributed by atoms with Gasteiger partial charge in [-0.05, 0) is 28.1 Å². The van der Waals surface area contributed by atoms with Crippen molar-refractivity contribution in [2.75, 3.05) is 0 Å². The maximum Gasteiger partial charge on any atom is 0.200 e. The van der Waals surface area contributed by atoms with Crippen LogP contribution in [0.5, 0.6) is 0 Å². The van der Waals surface area contributed by atoms with Gasteiger partial charge in [0.25, 0.3) is 0 Å². The summed E-state index contributed by atoms with van der Waals surface area (Å²) >= 11 is 4.20. The van der Waals surface area contributed by atoms with Crippen LogP contribution in [0, 0.1) is 29.1 Å². The molecule has 0 fully saturated rings. The molecule has 20 heavy (non-hydrogen) atoms. The molecule has 0 atom stereocenters. The van der Waals surface area contributed by atoms with Crippen molar-refractivity contribution >= 4 is 27.7 Å². The molecule has 0 amide bonds. The van der Waals surface area contributed by atoms with Crippen LogP contribution in [0.4, 0.5) is 22.0 Å². The molecule has 106 valence electrons. The highest BCUT2D eigenvalue weighted by atomic mass is 79.9. The molecule has 0 heterocycles. The molecule has 0 bridgehead atoms. The van der Waals surface area contributed by atoms with Gasteiger partial charge in [0.2, 0.25) is 5.82 Å². The van der Waals surface area contributed by atoms with E-state index in [2.05, 4.69) is 15.9 Å². The fraction of sp³-hybridized carbons (Fsp3) is 0.0769. The summed E-state index contributed by atoms with van der Waals surface area (Å²) in [5.74, 6) is -9.94. The first-order chi connectivity index (χ1) is 9.43. The topological polar surface area (TPSA) is 0 Å². The van der Waals surface area contributed by atoms with Crippen LogP contribution in [0.3, 0.4) is 0 Å². The summed E-state index contributed by atoms with van der Waals surface area (Å²) in [7, 11) is 0. The van der Waals surface area contributed by atoms with E-state index < -0.39 is 34.6 Å². The molecule has 0 spiro atoms. The second-order valence-corrected chi connectivity index (χ2v) is 5.64. The lowest BCUT2D eigenvalue weighted by molar-refractivity contribution is 0.372. The molecule has 0 aliphatic heterocycles. The van der Waals surface area contributed by atoms with Crippen LogP contribution in [-0.2, 0) is 5.75 Å². The average Bonchev–Trinajstić information content (AvgIpc) is 2.45. The molecule has 0 unspecified atom stereocenters. The van der Waals surface area contributed by atoms with Gasteiger partial charge in [0.05, 0.1) is 0 Å². The number of halogens is 6. The van der Waals surface area contributed by atoms with Crippen molar-refractivity contribution in [2.24, 2.45) is 0 Å². The van der Waals surface area contributed by atoms with E-state index in [4.69, 9.17) is 0 Å². The molecule has 0 nitrogen and oxygen atoms in total. The molecule has 0 aromatic heterocycles. The van der Waals surface area contributed by atoms with E-state index in [9.17, 15) is 22.0 Å². The minimum absolute atomic E-state index is 0.367.